The van der Waals surface area contributed by atoms with Crippen LogP contribution in [0.25, 0.3) is 6.08 Å². The van der Waals surface area contributed by atoms with Crippen LogP contribution in [-0.4, -0.2) is 20.6 Å². The number of hydrogen-bond donors (Lipinski definition) is 1. The highest BCUT2D eigenvalue weighted by atomic mass is 16.4. The molecule has 1 aromatic heterocycles. The standard InChI is InChI=1S/C8H10N2O2/c1-2-10-5-7(9-6-10)3-4-8(11)12/h3-6H,2H2,1H3,(H,11,12)/b4-3+. The second-order valence-corrected chi connectivity index (χ2v) is 2.30. The van der Waals surface area contributed by atoms with Gasteiger partial charge in [-0.25, -0.2) is 9.78 Å². The van der Waals surface area contributed by atoms with Crippen molar-refractivity contribution in [2.75, 3.05) is 0 Å². The van der Waals surface area contributed by atoms with E-state index in [2.05, 4.69) is 4.98 Å². The van der Waals surface area contributed by atoms with Gasteiger partial charge in [-0.1, -0.05) is 0 Å². The van der Waals surface area contributed by atoms with Crippen LogP contribution in [0.3, 0.4) is 0 Å². The molecule has 0 spiro atoms. The minimum absolute atomic E-state index is 0.666. The van der Waals surface area contributed by atoms with E-state index in [0.29, 0.717) is 5.69 Å². The molecule has 0 fully saturated rings. The molecule has 0 atom stereocenters. The van der Waals surface area contributed by atoms with Gasteiger partial charge in [-0.15, -0.1) is 0 Å². The Morgan fingerprint density at radius 2 is 2.58 bits per heavy atom. The lowest BCUT2D eigenvalue weighted by Gasteiger charge is -1.89. The van der Waals surface area contributed by atoms with Crippen LogP contribution in [-0.2, 0) is 11.3 Å². The van der Waals surface area contributed by atoms with E-state index in [1.54, 1.807) is 12.5 Å². The molecule has 1 aromatic rings. The summed E-state index contributed by atoms with van der Waals surface area (Å²) in [5, 5.41) is 8.32. The summed E-state index contributed by atoms with van der Waals surface area (Å²) in [6.07, 6.45) is 6.00. The molecule has 1 rings (SSSR count). The van der Waals surface area contributed by atoms with Gasteiger partial charge in [0.25, 0.3) is 0 Å². The highest BCUT2D eigenvalue weighted by Gasteiger charge is 1.92. The molecule has 4 nitrogen and oxygen atoms in total. The molecule has 0 radical (unpaired) electrons. The Labute approximate surface area is 70.2 Å². The summed E-state index contributed by atoms with van der Waals surface area (Å²) in [4.78, 5) is 14.1. The third-order valence-corrected chi connectivity index (χ3v) is 1.42. The summed E-state index contributed by atoms with van der Waals surface area (Å²) in [6, 6.07) is 0. The highest BCUT2D eigenvalue weighted by molar-refractivity contribution is 5.84. The molecule has 0 aliphatic rings. The molecule has 0 saturated heterocycles. The van der Waals surface area contributed by atoms with Gasteiger partial charge in [-0.05, 0) is 13.0 Å². The molecule has 1 heterocycles. The van der Waals surface area contributed by atoms with Crippen molar-refractivity contribution in [1.82, 2.24) is 9.55 Å². The lowest BCUT2D eigenvalue weighted by Crippen LogP contribution is -1.87. The zero-order valence-corrected chi connectivity index (χ0v) is 6.77. The van der Waals surface area contributed by atoms with E-state index in [1.165, 1.54) is 6.08 Å². The predicted molar refractivity (Wildman–Crippen MR) is 44.6 cm³/mol. The molecular weight excluding hydrogens is 156 g/mol. The smallest absolute Gasteiger partial charge is 0.328 e. The Morgan fingerprint density at radius 3 is 3.08 bits per heavy atom. The first-order valence-electron chi connectivity index (χ1n) is 3.65. The van der Waals surface area contributed by atoms with Crippen molar-refractivity contribution in [3.63, 3.8) is 0 Å². The van der Waals surface area contributed by atoms with E-state index >= 15 is 0 Å². The third kappa shape index (κ3) is 2.23. The van der Waals surface area contributed by atoms with Gasteiger partial charge in [0, 0.05) is 18.8 Å². The van der Waals surface area contributed by atoms with Gasteiger partial charge in [0.05, 0.1) is 12.0 Å². The average molecular weight is 166 g/mol. The molecule has 12 heavy (non-hydrogen) atoms. The quantitative estimate of drug-likeness (QED) is 0.681. The molecule has 64 valence electrons. The first-order valence-corrected chi connectivity index (χ1v) is 3.65. The molecular formula is C8H10N2O2. The number of carbonyl (C=O) groups is 1. The van der Waals surface area contributed by atoms with E-state index in [4.69, 9.17) is 5.11 Å². The third-order valence-electron chi connectivity index (χ3n) is 1.42. The van der Waals surface area contributed by atoms with Crippen molar-refractivity contribution in [2.45, 2.75) is 13.5 Å². The first kappa shape index (κ1) is 8.52. The van der Waals surface area contributed by atoms with E-state index in [1.807, 2.05) is 11.5 Å². The largest absolute Gasteiger partial charge is 0.478 e. The number of carboxylic acids is 1. The average Bonchev–Trinajstić information content (AvgIpc) is 2.48. The zero-order chi connectivity index (χ0) is 8.97. The minimum atomic E-state index is -0.957. The van der Waals surface area contributed by atoms with Crippen LogP contribution in [0.15, 0.2) is 18.6 Å². The van der Waals surface area contributed by atoms with Crippen LogP contribution in [0.1, 0.15) is 12.6 Å². The Balaban J connectivity index is 2.70. The maximum absolute atomic E-state index is 10.1. The molecule has 0 unspecified atom stereocenters. The highest BCUT2D eigenvalue weighted by Crippen LogP contribution is 1.98. The first-order chi connectivity index (χ1) is 5.72. The number of rotatable bonds is 3. The second-order valence-electron chi connectivity index (χ2n) is 2.30. The summed E-state index contributed by atoms with van der Waals surface area (Å²) in [5.41, 5.74) is 0.666. The summed E-state index contributed by atoms with van der Waals surface area (Å²) >= 11 is 0. The monoisotopic (exact) mass is 166 g/mol. The molecule has 0 saturated carbocycles. The molecule has 0 amide bonds. The van der Waals surface area contributed by atoms with Gasteiger partial charge in [-0.2, -0.15) is 0 Å². The summed E-state index contributed by atoms with van der Waals surface area (Å²) in [6.45, 7) is 2.83. The topological polar surface area (TPSA) is 55.1 Å². The van der Waals surface area contributed by atoms with Crippen LogP contribution >= 0.6 is 0 Å². The molecule has 0 aliphatic carbocycles. The van der Waals surface area contributed by atoms with Crippen molar-refractivity contribution in [3.05, 3.63) is 24.3 Å². The lowest BCUT2D eigenvalue weighted by molar-refractivity contribution is -0.131. The lowest BCUT2D eigenvalue weighted by atomic mass is 10.4. The predicted octanol–water partition coefficient (Wildman–Crippen LogP) is 1.00. The molecule has 0 aromatic carbocycles. The Hall–Kier alpha value is -1.58. The fraction of sp³-hybridized carbons (Fsp3) is 0.250. The Kier molecular flexibility index (Phi) is 2.63. The minimum Gasteiger partial charge on any atom is -0.478 e. The van der Waals surface area contributed by atoms with Gasteiger partial charge in [0.1, 0.15) is 0 Å². The van der Waals surface area contributed by atoms with Crippen LogP contribution in [0.2, 0.25) is 0 Å². The molecule has 0 aliphatic heterocycles. The van der Waals surface area contributed by atoms with Gasteiger partial charge < -0.3 is 9.67 Å². The molecule has 4 heteroatoms. The summed E-state index contributed by atoms with van der Waals surface area (Å²) < 4.78 is 1.88. The van der Waals surface area contributed by atoms with Crippen molar-refractivity contribution < 1.29 is 9.90 Å². The van der Waals surface area contributed by atoms with E-state index in [-0.39, 0.29) is 0 Å². The fourth-order valence-corrected chi connectivity index (χ4v) is 0.793. The van der Waals surface area contributed by atoms with E-state index < -0.39 is 5.97 Å². The fourth-order valence-electron chi connectivity index (χ4n) is 0.793. The second kappa shape index (κ2) is 3.71. The zero-order valence-electron chi connectivity index (χ0n) is 6.77. The van der Waals surface area contributed by atoms with Crippen molar-refractivity contribution in [2.24, 2.45) is 0 Å². The van der Waals surface area contributed by atoms with Gasteiger partial charge in [-0.3, -0.25) is 0 Å². The number of nitrogens with zero attached hydrogens (tertiary/aromatic N) is 2. The molecule has 0 bridgehead atoms. The van der Waals surface area contributed by atoms with E-state index in [0.717, 1.165) is 12.6 Å². The Morgan fingerprint density at radius 1 is 1.83 bits per heavy atom. The van der Waals surface area contributed by atoms with Crippen LogP contribution in [0.4, 0.5) is 0 Å². The maximum Gasteiger partial charge on any atom is 0.328 e. The van der Waals surface area contributed by atoms with Gasteiger partial charge in [0.2, 0.25) is 0 Å². The number of aliphatic carboxylic acids is 1. The SMILES string of the molecule is CCn1cnc(/C=C/C(=O)O)c1. The summed E-state index contributed by atoms with van der Waals surface area (Å²) in [7, 11) is 0. The van der Waals surface area contributed by atoms with Crippen molar-refractivity contribution >= 4 is 12.0 Å². The van der Waals surface area contributed by atoms with Crippen LogP contribution in [0.5, 0.6) is 0 Å². The number of hydrogen-bond acceptors (Lipinski definition) is 2. The van der Waals surface area contributed by atoms with E-state index in [9.17, 15) is 4.79 Å². The summed E-state index contributed by atoms with van der Waals surface area (Å²) in [5.74, 6) is -0.957. The van der Waals surface area contributed by atoms with Crippen LogP contribution in [0, 0.1) is 0 Å². The van der Waals surface area contributed by atoms with Gasteiger partial charge in [0.15, 0.2) is 0 Å². The van der Waals surface area contributed by atoms with Crippen LogP contribution < -0.4 is 0 Å². The van der Waals surface area contributed by atoms with Gasteiger partial charge >= 0.3 is 5.97 Å². The van der Waals surface area contributed by atoms with Crippen molar-refractivity contribution in [3.8, 4) is 0 Å². The normalized spacial score (nSPS) is 10.8. The number of carboxylic acid groups (broad SMARTS) is 1. The Bertz CT molecular complexity index is 302. The molecule has 1 N–H and O–H groups in total. The number of aromatic nitrogens is 2. The number of imidazole rings is 1. The number of aryl methyl sites for hydroxylation is 1. The van der Waals surface area contributed by atoms with Crippen molar-refractivity contribution in [1.29, 1.82) is 0 Å². The maximum atomic E-state index is 10.1.